The molecule has 1 saturated heterocycles. The van der Waals surface area contributed by atoms with E-state index in [-0.39, 0.29) is 11.7 Å². The van der Waals surface area contributed by atoms with Gasteiger partial charge in [0.05, 0.1) is 33.3 Å². The Kier molecular flexibility index (Phi) is 7.80. The molecule has 0 spiro atoms. The summed E-state index contributed by atoms with van der Waals surface area (Å²) in [6, 6.07) is 10.9. The molecular weight excluding hydrogens is 585 g/mol. The summed E-state index contributed by atoms with van der Waals surface area (Å²) in [6.45, 7) is 4.54. The highest BCUT2D eigenvalue weighted by Crippen LogP contribution is 2.34. The van der Waals surface area contributed by atoms with Crippen molar-refractivity contribution in [2.75, 3.05) is 26.2 Å². The third-order valence-electron chi connectivity index (χ3n) is 8.46. The number of nitrogens with zero attached hydrogens (tertiary/aromatic N) is 6. The quantitative estimate of drug-likeness (QED) is 0.317. The number of primary amides is 1. The van der Waals surface area contributed by atoms with Crippen molar-refractivity contribution in [3.8, 4) is 11.3 Å². The summed E-state index contributed by atoms with van der Waals surface area (Å²) in [6.07, 6.45) is 3.45. The fourth-order valence-electron chi connectivity index (χ4n) is 6.28. The first-order valence-electron chi connectivity index (χ1n) is 13.9. The first-order chi connectivity index (χ1) is 19.7. The molecule has 2 aromatic heterocycles. The number of aryl methyl sites for hydroxylation is 2. The maximum Gasteiger partial charge on any atom is 0.329 e. The molecule has 41 heavy (non-hydrogen) atoms. The second kappa shape index (κ2) is 11.4. The molecule has 4 aromatic rings. The standard InChI is InChI=1S/C29H32Cl3N7O2/c1-35-25-6-4-19(30)16-26(25)39(29(35)41)20-7-12-36(13-8-20)10-2-11-38-24-9-14-37(28(33)40)17-21(24)27(34-38)18-3-5-22(31)23(32)15-18/h3-6,15-16,20H,2,7-14,17H2,1H3,(H2,33,40). The van der Waals surface area contributed by atoms with Crippen molar-refractivity contribution in [3.05, 3.63) is 73.2 Å². The van der Waals surface area contributed by atoms with Crippen LogP contribution in [-0.4, -0.2) is 60.9 Å². The van der Waals surface area contributed by atoms with Crippen LogP contribution in [-0.2, 0) is 26.6 Å². The van der Waals surface area contributed by atoms with Crippen LogP contribution in [0.5, 0.6) is 0 Å². The van der Waals surface area contributed by atoms with Gasteiger partial charge in [-0.1, -0.05) is 40.9 Å². The number of benzene rings is 2. The van der Waals surface area contributed by atoms with E-state index < -0.39 is 6.03 Å². The van der Waals surface area contributed by atoms with Crippen molar-refractivity contribution in [1.82, 2.24) is 28.7 Å². The molecule has 2 aliphatic heterocycles. The minimum atomic E-state index is -0.430. The van der Waals surface area contributed by atoms with E-state index in [1.54, 1.807) is 15.5 Å². The van der Waals surface area contributed by atoms with E-state index in [2.05, 4.69) is 9.58 Å². The predicted molar refractivity (Wildman–Crippen MR) is 163 cm³/mol. The number of hydrogen-bond donors (Lipinski definition) is 1. The van der Waals surface area contributed by atoms with E-state index in [1.807, 2.05) is 41.9 Å². The summed E-state index contributed by atoms with van der Waals surface area (Å²) in [7, 11) is 1.82. The number of halogens is 3. The van der Waals surface area contributed by atoms with Gasteiger partial charge in [-0.2, -0.15) is 5.10 Å². The molecule has 216 valence electrons. The summed E-state index contributed by atoms with van der Waals surface area (Å²) in [5.41, 5.74) is 11.3. The molecule has 6 rings (SSSR count). The van der Waals surface area contributed by atoms with Crippen molar-refractivity contribution in [2.45, 2.75) is 44.8 Å². The first kappa shape index (κ1) is 28.2. The lowest BCUT2D eigenvalue weighted by atomic mass is 10.0. The molecule has 1 fully saturated rings. The van der Waals surface area contributed by atoms with Gasteiger partial charge in [-0.05, 0) is 56.1 Å². The summed E-state index contributed by atoms with van der Waals surface area (Å²) in [5, 5.41) is 6.57. The van der Waals surface area contributed by atoms with Gasteiger partial charge in [0.15, 0.2) is 0 Å². The molecule has 0 aliphatic carbocycles. The average molecular weight is 617 g/mol. The number of likely N-dealkylation sites (tertiary alicyclic amines) is 1. The second-order valence-electron chi connectivity index (χ2n) is 10.9. The topological polar surface area (TPSA) is 94.3 Å². The monoisotopic (exact) mass is 615 g/mol. The number of carbonyl (C=O) groups excluding carboxylic acids is 1. The highest BCUT2D eigenvalue weighted by Gasteiger charge is 2.28. The zero-order chi connectivity index (χ0) is 28.8. The molecular formula is C29H32Cl3N7O2. The lowest BCUT2D eigenvalue weighted by molar-refractivity contribution is 0.181. The molecule has 0 unspecified atom stereocenters. The number of nitrogens with two attached hydrogens (primary N) is 1. The van der Waals surface area contributed by atoms with Gasteiger partial charge in [-0.25, -0.2) is 9.59 Å². The van der Waals surface area contributed by atoms with Gasteiger partial charge < -0.3 is 15.5 Å². The number of rotatable bonds is 6. The zero-order valence-corrected chi connectivity index (χ0v) is 25.1. The van der Waals surface area contributed by atoms with E-state index in [4.69, 9.17) is 45.6 Å². The number of piperidine rings is 1. The van der Waals surface area contributed by atoms with E-state index in [9.17, 15) is 9.59 Å². The Bertz CT molecular complexity index is 1680. The maximum atomic E-state index is 13.0. The molecule has 0 radical (unpaired) electrons. The summed E-state index contributed by atoms with van der Waals surface area (Å²) in [5.74, 6) is 0. The van der Waals surface area contributed by atoms with Crippen molar-refractivity contribution in [3.63, 3.8) is 0 Å². The second-order valence-corrected chi connectivity index (χ2v) is 12.2. The summed E-state index contributed by atoms with van der Waals surface area (Å²) in [4.78, 5) is 29.1. The summed E-state index contributed by atoms with van der Waals surface area (Å²) >= 11 is 18.7. The van der Waals surface area contributed by atoms with Crippen molar-refractivity contribution < 1.29 is 4.79 Å². The number of imidazole rings is 1. The van der Waals surface area contributed by atoms with E-state index in [0.717, 1.165) is 79.0 Å². The van der Waals surface area contributed by atoms with Crippen LogP contribution in [0.3, 0.4) is 0 Å². The van der Waals surface area contributed by atoms with Gasteiger partial charge in [0, 0.05) is 67.5 Å². The number of amides is 2. The molecule has 9 nitrogen and oxygen atoms in total. The van der Waals surface area contributed by atoms with Crippen LogP contribution in [0.4, 0.5) is 4.79 Å². The van der Waals surface area contributed by atoms with Crippen molar-refractivity contribution in [1.29, 1.82) is 0 Å². The molecule has 0 atom stereocenters. The molecule has 0 saturated carbocycles. The molecule has 2 aliphatic rings. The van der Waals surface area contributed by atoms with Gasteiger partial charge in [-0.3, -0.25) is 13.8 Å². The Morgan fingerprint density at radius 2 is 1.78 bits per heavy atom. The van der Waals surface area contributed by atoms with Crippen molar-refractivity contribution >= 4 is 51.9 Å². The van der Waals surface area contributed by atoms with Gasteiger partial charge >= 0.3 is 11.7 Å². The average Bonchev–Trinajstić information content (AvgIpc) is 3.44. The fourth-order valence-corrected chi connectivity index (χ4v) is 6.74. The maximum absolute atomic E-state index is 13.0. The van der Waals surface area contributed by atoms with Crippen LogP contribution in [0.1, 0.15) is 36.6 Å². The van der Waals surface area contributed by atoms with Crippen LogP contribution in [0.2, 0.25) is 15.1 Å². The SMILES string of the molecule is Cn1c(=O)n(C2CCN(CCCn3nc(-c4ccc(Cl)c(Cl)c4)c4c3CCN(C(N)=O)C4)CC2)c2cc(Cl)ccc21. The van der Waals surface area contributed by atoms with Gasteiger partial charge in [0.25, 0.3) is 0 Å². The zero-order valence-electron chi connectivity index (χ0n) is 22.8. The number of carbonyl (C=O) groups is 1. The van der Waals surface area contributed by atoms with E-state index >= 15 is 0 Å². The highest BCUT2D eigenvalue weighted by atomic mass is 35.5. The van der Waals surface area contributed by atoms with E-state index in [1.165, 1.54) is 0 Å². The van der Waals surface area contributed by atoms with Crippen LogP contribution in [0, 0.1) is 0 Å². The normalized spacial score (nSPS) is 16.4. The lowest BCUT2D eigenvalue weighted by Crippen LogP contribution is -2.40. The molecule has 4 heterocycles. The van der Waals surface area contributed by atoms with Crippen molar-refractivity contribution in [2.24, 2.45) is 12.8 Å². The molecule has 2 amide bonds. The number of fused-ring (bicyclic) bond motifs is 2. The molecule has 12 heteroatoms. The third-order valence-corrected chi connectivity index (χ3v) is 9.43. The van der Waals surface area contributed by atoms with Crippen LogP contribution < -0.4 is 11.4 Å². The van der Waals surface area contributed by atoms with Crippen LogP contribution in [0.25, 0.3) is 22.3 Å². The smallest absolute Gasteiger partial charge is 0.329 e. The molecule has 2 aromatic carbocycles. The number of urea groups is 1. The van der Waals surface area contributed by atoms with E-state index in [0.29, 0.717) is 34.6 Å². The van der Waals surface area contributed by atoms with Crippen LogP contribution in [0.15, 0.2) is 41.2 Å². The largest absolute Gasteiger partial charge is 0.351 e. The number of aromatic nitrogens is 4. The Balaban J connectivity index is 1.13. The Morgan fingerprint density at radius 1 is 1.00 bits per heavy atom. The summed E-state index contributed by atoms with van der Waals surface area (Å²) < 4.78 is 5.71. The predicted octanol–water partition coefficient (Wildman–Crippen LogP) is 5.33. The van der Waals surface area contributed by atoms with Gasteiger partial charge in [0.2, 0.25) is 0 Å². The molecule has 2 N–H and O–H groups in total. The Labute approximate surface area is 253 Å². The fraction of sp³-hybridized carbons (Fsp3) is 0.414. The minimum Gasteiger partial charge on any atom is -0.351 e. The Morgan fingerprint density at radius 3 is 2.51 bits per heavy atom. The third kappa shape index (κ3) is 5.36. The molecule has 0 bridgehead atoms. The van der Waals surface area contributed by atoms with Gasteiger partial charge in [-0.15, -0.1) is 0 Å². The first-order valence-corrected chi connectivity index (χ1v) is 15.0. The lowest BCUT2D eigenvalue weighted by Gasteiger charge is -2.32. The van der Waals surface area contributed by atoms with Crippen LogP contribution >= 0.6 is 34.8 Å². The van der Waals surface area contributed by atoms with Gasteiger partial charge in [0.1, 0.15) is 0 Å². The Hall–Kier alpha value is -2.98. The minimum absolute atomic E-state index is 0.0110. The number of hydrogen-bond acceptors (Lipinski definition) is 4. The highest BCUT2D eigenvalue weighted by molar-refractivity contribution is 6.42.